The van der Waals surface area contributed by atoms with E-state index in [1.807, 2.05) is 12.1 Å². The molecule has 6 heteroatoms. The number of carboxylic acid groups (broad SMARTS) is 1. The van der Waals surface area contributed by atoms with Gasteiger partial charge in [-0.15, -0.1) is 0 Å². The molecule has 2 fully saturated rings. The fourth-order valence-corrected chi connectivity index (χ4v) is 5.63. The number of benzene rings is 2. The third kappa shape index (κ3) is 5.07. The van der Waals surface area contributed by atoms with Crippen molar-refractivity contribution in [3.8, 4) is 11.4 Å². The van der Waals surface area contributed by atoms with Crippen LogP contribution in [0.2, 0.25) is 0 Å². The number of nitrogens with zero attached hydrogens (tertiary/aromatic N) is 3. The summed E-state index contributed by atoms with van der Waals surface area (Å²) in [6.45, 7) is 2.01. The molecular formula is C28H33N3O3. The van der Waals surface area contributed by atoms with Gasteiger partial charge in [-0.2, -0.15) is 4.98 Å². The summed E-state index contributed by atoms with van der Waals surface area (Å²) in [5.41, 5.74) is 3.88. The Hall–Kier alpha value is -2.99. The number of hydrogen-bond donors (Lipinski definition) is 1. The van der Waals surface area contributed by atoms with E-state index in [1.54, 1.807) is 0 Å². The van der Waals surface area contributed by atoms with Crippen LogP contribution < -0.4 is 0 Å². The molecule has 5 rings (SSSR count). The summed E-state index contributed by atoms with van der Waals surface area (Å²) in [5, 5.41) is 13.2. The first-order valence-corrected chi connectivity index (χ1v) is 12.5. The quantitative estimate of drug-likeness (QED) is 0.457. The van der Waals surface area contributed by atoms with Gasteiger partial charge in [-0.05, 0) is 42.2 Å². The van der Waals surface area contributed by atoms with Crippen molar-refractivity contribution in [3.05, 3.63) is 71.6 Å². The van der Waals surface area contributed by atoms with Gasteiger partial charge in [0.25, 0.3) is 0 Å². The first kappa shape index (κ1) is 22.8. The van der Waals surface area contributed by atoms with Gasteiger partial charge >= 0.3 is 5.97 Å². The smallest absolute Gasteiger partial charge is 0.309 e. The van der Waals surface area contributed by atoms with E-state index in [-0.39, 0.29) is 5.92 Å². The Morgan fingerprint density at radius 3 is 2.47 bits per heavy atom. The minimum Gasteiger partial charge on any atom is -0.481 e. The second-order valence-electron chi connectivity index (χ2n) is 10.00. The van der Waals surface area contributed by atoms with E-state index in [9.17, 15) is 4.79 Å². The Kier molecular flexibility index (Phi) is 6.77. The number of aromatic nitrogens is 2. The lowest BCUT2D eigenvalue weighted by atomic mass is 9.67. The van der Waals surface area contributed by atoms with Crippen molar-refractivity contribution in [2.75, 3.05) is 13.1 Å². The highest BCUT2D eigenvalue weighted by atomic mass is 16.5. The van der Waals surface area contributed by atoms with Crippen LogP contribution in [0.1, 0.15) is 62.0 Å². The van der Waals surface area contributed by atoms with Gasteiger partial charge in [-0.25, -0.2) is 0 Å². The molecule has 6 nitrogen and oxygen atoms in total. The van der Waals surface area contributed by atoms with E-state index in [0.29, 0.717) is 30.2 Å². The minimum atomic E-state index is -0.700. The average molecular weight is 460 g/mol. The highest BCUT2D eigenvalue weighted by molar-refractivity contribution is 5.71. The van der Waals surface area contributed by atoms with Crippen molar-refractivity contribution in [2.45, 2.75) is 63.3 Å². The number of carboxylic acids is 1. The molecule has 34 heavy (non-hydrogen) atoms. The number of aryl methyl sites for hydroxylation is 1. The Morgan fingerprint density at radius 1 is 1.03 bits per heavy atom. The lowest BCUT2D eigenvalue weighted by Gasteiger charge is -2.38. The van der Waals surface area contributed by atoms with Gasteiger partial charge in [0.15, 0.2) is 0 Å². The van der Waals surface area contributed by atoms with Crippen molar-refractivity contribution < 1.29 is 14.4 Å². The standard InChI is InChI=1S/C28H33N3O3/c32-27(33)23-19-31(20-23)18-21-11-13-22(14-12-21)26-29-25(34-30-26)10-7-17-28(15-5-2-6-16-28)24-8-3-1-4-9-24/h1,3-4,8-9,11-14,23H,2,5-7,10,15-20H2,(H,32,33). The lowest BCUT2D eigenvalue weighted by molar-refractivity contribution is -0.147. The normalized spacial score (nSPS) is 18.5. The maximum absolute atomic E-state index is 11.0. The molecule has 0 spiro atoms. The number of hydrogen-bond acceptors (Lipinski definition) is 5. The molecule has 0 bridgehead atoms. The summed E-state index contributed by atoms with van der Waals surface area (Å²) in [7, 11) is 0. The number of likely N-dealkylation sites (tertiary alicyclic amines) is 1. The molecule has 0 amide bonds. The summed E-state index contributed by atoms with van der Waals surface area (Å²) in [6.07, 6.45) is 9.52. The molecule has 1 aliphatic carbocycles. The van der Waals surface area contributed by atoms with Crippen LogP contribution in [0.5, 0.6) is 0 Å². The molecule has 1 N–H and O–H groups in total. The summed E-state index contributed by atoms with van der Waals surface area (Å²) in [6, 6.07) is 19.2. The van der Waals surface area contributed by atoms with Crippen molar-refractivity contribution in [3.63, 3.8) is 0 Å². The van der Waals surface area contributed by atoms with Crippen molar-refractivity contribution in [2.24, 2.45) is 5.92 Å². The SMILES string of the molecule is O=C(O)C1CN(Cc2ccc(-c3noc(CCCC4(c5ccccc5)CCCCC4)n3)cc2)C1. The molecule has 1 aromatic heterocycles. The van der Waals surface area contributed by atoms with Crippen LogP contribution in [-0.4, -0.2) is 39.2 Å². The molecule has 2 aliphatic rings. The Bertz CT molecular complexity index is 1080. The lowest BCUT2D eigenvalue weighted by Crippen LogP contribution is -2.49. The fraction of sp³-hybridized carbons (Fsp3) is 0.464. The average Bonchev–Trinajstić information content (AvgIpc) is 3.31. The molecule has 3 aromatic rings. The third-order valence-corrected chi connectivity index (χ3v) is 7.64. The van der Waals surface area contributed by atoms with Crippen LogP contribution in [0.4, 0.5) is 0 Å². The van der Waals surface area contributed by atoms with E-state index >= 15 is 0 Å². The van der Waals surface area contributed by atoms with Gasteiger partial charge in [0.2, 0.25) is 11.7 Å². The molecule has 0 atom stereocenters. The van der Waals surface area contributed by atoms with Crippen LogP contribution in [0.25, 0.3) is 11.4 Å². The van der Waals surface area contributed by atoms with Crippen LogP contribution >= 0.6 is 0 Å². The van der Waals surface area contributed by atoms with E-state index in [1.165, 1.54) is 37.7 Å². The van der Waals surface area contributed by atoms with Gasteiger partial charge in [-0.1, -0.05) is 79.0 Å². The molecule has 178 valence electrons. The fourth-order valence-electron chi connectivity index (χ4n) is 5.63. The summed E-state index contributed by atoms with van der Waals surface area (Å²) >= 11 is 0. The Balaban J connectivity index is 1.16. The van der Waals surface area contributed by atoms with E-state index in [0.717, 1.165) is 36.9 Å². The van der Waals surface area contributed by atoms with E-state index in [2.05, 4.69) is 57.5 Å². The topological polar surface area (TPSA) is 79.5 Å². The summed E-state index contributed by atoms with van der Waals surface area (Å²) in [4.78, 5) is 17.8. The monoisotopic (exact) mass is 459 g/mol. The van der Waals surface area contributed by atoms with Crippen LogP contribution in [0, 0.1) is 5.92 Å². The van der Waals surface area contributed by atoms with Gasteiger partial charge < -0.3 is 9.63 Å². The minimum absolute atomic E-state index is 0.224. The van der Waals surface area contributed by atoms with Gasteiger partial charge in [0.05, 0.1) is 5.92 Å². The molecule has 0 radical (unpaired) electrons. The molecule has 1 saturated heterocycles. The van der Waals surface area contributed by atoms with Crippen molar-refractivity contribution in [1.29, 1.82) is 0 Å². The highest BCUT2D eigenvalue weighted by Crippen LogP contribution is 2.43. The Morgan fingerprint density at radius 2 is 1.76 bits per heavy atom. The van der Waals surface area contributed by atoms with Crippen molar-refractivity contribution in [1.82, 2.24) is 15.0 Å². The van der Waals surface area contributed by atoms with Crippen molar-refractivity contribution >= 4 is 5.97 Å². The molecule has 2 heterocycles. The van der Waals surface area contributed by atoms with E-state index < -0.39 is 5.97 Å². The number of aliphatic carboxylic acids is 1. The zero-order valence-corrected chi connectivity index (χ0v) is 19.7. The summed E-state index contributed by atoms with van der Waals surface area (Å²) in [5.74, 6) is 0.413. The van der Waals surface area contributed by atoms with Crippen LogP contribution in [0.3, 0.4) is 0 Å². The van der Waals surface area contributed by atoms with Gasteiger partial charge in [-0.3, -0.25) is 9.69 Å². The first-order valence-electron chi connectivity index (χ1n) is 12.5. The predicted octanol–water partition coefficient (Wildman–Crippen LogP) is 5.48. The van der Waals surface area contributed by atoms with Gasteiger partial charge in [0.1, 0.15) is 0 Å². The molecular weight excluding hydrogens is 426 g/mol. The van der Waals surface area contributed by atoms with Gasteiger partial charge in [0, 0.05) is 31.6 Å². The zero-order chi connectivity index (χ0) is 23.4. The van der Waals surface area contributed by atoms with E-state index in [4.69, 9.17) is 9.63 Å². The molecule has 1 aliphatic heterocycles. The summed E-state index contributed by atoms with van der Waals surface area (Å²) < 4.78 is 5.58. The zero-order valence-electron chi connectivity index (χ0n) is 19.7. The highest BCUT2D eigenvalue weighted by Gasteiger charge is 2.33. The second kappa shape index (κ2) is 10.1. The predicted molar refractivity (Wildman–Crippen MR) is 130 cm³/mol. The van der Waals surface area contributed by atoms with Crippen LogP contribution in [0.15, 0.2) is 59.1 Å². The largest absolute Gasteiger partial charge is 0.481 e. The van der Waals surface area contributed by atoms with Crippen LogP contribution in [-0.2, 0) is 23.2 Å². The maximum Gasteiger partial charge on any atom is 0.309 e. The molecule has 2 aromatic carbocycles. The Labute approximate surface area is 201 Å². The third-order valence-electron chi connectivity index (χ3n) is 7.64. The second-order valence-corrected chi connectivity index (χ2v) is 10.00. The molecule has 0 unspecified atom stereocenters. The maximum atomic E-state index is 11.0. The first-order chi connectivity index (χ1) is 16.6. The molecule has 1 saturated carbocycles. The number of rotatable bonds is 9. The number of carbonyl (C=O) groups is 1.